The molecule has 0 unspecified atom stereocenters. The average molecular weight is 833 g/mol. The fraction of sp³-hybridized carbons (Fsp3) is 0.283. The van der Waals surface area contributed by atoms with Crippen LogP contribution in [-0.4, -0.2) is 42.6 Å². The molecule has 0 bridgehead atoms. The van der Waals surface area contributed by atoms with Crippen molar-refractivity contribution in [3.8, 4) is 65.9 Å². The van der Waals surface area contributed by atoms with Crippen LogP contribution in [0.25, 0.3) is 42.3 Å². The first kappa shape index (κ1) is 40.5. The second-order valence-electron chi connectivity index (χ2n) is 15.2. The van der Waals surface area contributed by atoms with Gasteiger partial charge in [0.2, 0.25) is 0 Å². The van der Waals surface area contributed by atoms with Crippen LogP contribution in [0.15, 0.2) is 85.2 Å². The minimum Gasteiger partial charge on any atom is -0.490 e. The molecular weight excluding hydrogens is 789 g/mol. The fourth-order valence-corrected chi connectivity index (χ4v) is 9.46. The number of fused-ring (bicyclic) bond motifs is 2. The summed E-state index contributed by atoms with van der Waals surface area (Å²) in [7, 11) is 0. The number of rotatable bonds is 11. The number of ether oxygens (including phenoxy) is 2. The van der Waals surface area contributed by atoms with Crippen molar-refractivity contribution >= 4 is 22.7 Å². The molecule has 0 amide bonds. The standard InChI is InChI=1S/C25H24N6OS.C21H20N4OS/c1-15(2)32-22-9-6-16(12-17(22)13-26)24-30-31-25(33-24)20-5-3-4-19-18(20)7-8-21(19)29-14-23-27-10-11-28-23;1-12(2)26-19-9-6-13(10-14(19)11-22)20-24-25-21(27-20)17-5-3-4-16-15(17)7-8-18(16)23/h3-6,9-12,15,21,29H,7-8,14H2,1-2H3,(H,27,28);3-6,9-10,12,18H,7-8,23H2,1-2H3/t21-;18-/m00/s1. The molecule has 4 N–H and O–H groups in total. The summed E-state index contributed by atoms with van der Waals surface area (Å²) in [5.74, 6) is 2.13. The highest BCUT2D eigenvalue weighted by Gasteiger charge is 2.27. The van der Waals surface area contributed by atoms with Crippen LogP contribution in [0.1, 0.15) is 91.8 Å². The van der Waals surface area contributed by atoms with Crippen LogP contribution in [0, 0.1) is 22.7 Å². The van der Waals surface area contributed by atoms with Crippen molar-refractivity contribution in [3.63, 3.8) is 0 Å². The van der Waals surface area contributed by atoms with Crippen molar-refractivity contribution in [2.75, 3.05) is 0 Å². The van der Waals surface area contributed by atoms with Crippen molar-refractivity contribution in [2.45, 2.75) is 84.2 Å². The van der Waals surface area contributed by atoms with Gasteiger partial charge in [-0.15, -0.1) is 20.4 Å². The van der Waals surface area contributed by atoms with E-state index in [1.165, 1.54) is 33.6 Å². The van der Waals surface area contributed by atoms with E-state index in [1.54, 1.807) is 17.5 Å². The highest BCUT2D eigenvalue weighted by Crippen LogP contribution is 2.41. The number of H-pyrrole nitrogens is 1. The summed E-state index contributed by atoms with van der Waals surface area (Å²) in [5, 5.41) is 43.7. The van der Waals surface area contributed by atoms with Gasteiger partial charge in [0, 0.05) is 46.7 Å². The number of aromatic amines is 1. The Balaban J connectivity index is 0.000000170. The molecule has 0 aliphatic heterocycles. The molecule has 9 rings (SSSR count). The van der Waals surface area contributed by atoms with Crippen LogP contribution in [0.5, 0.6) is 11.5 Å². The van der Waals surface area contributed by atoms with Crippen molar-refractivity contribution in [2.24, 2.45) is 5.73 Å². The molecule has 0 saturated heterocycles. The largest absolute Gasteiger partial charge is 0.490 e. The maximum absolute atomic E-state index is 9.55. The quantitative estimate of drug-likeness (QED) is 0.113. The van der Waals surface area contributed by atoms with Gasteiger partial charge in [-0.25, -0.2) is 4.98 Å². The SMILES string of the molecule is CC(C)Oc1ccc(-c2nnc(-c3cccc4c3CC[C@@H]4N)s2)cc1C#N.CC(C)Oc1ccc(-c2nnc(-c3cccc4c3CC[C@@H]4NCc3ncc[nH]3)s2)cc1C#N. The number of aromatic nitrogens is 6. The van der Waals surface area contributed by atoms with Crippen LogP contribution < -0.4 is 20.5 Å². The molecule has 0 radical (unpaired) electrons. The zero-order valence-electron chi connectivity index (χ0n) is 33.8. The van der Waals surface area contributed by atoms with E-state index >= 15 is 0 Å². The molecule has 0 fully saturated rings. The van der Waals surface area contributed by atoms with Gasteiger partial charge >= 0.3 is 0 Å². The fourth-order valence-electron chi connectivity index (χ4n) is 7.68. The predicted molar refractivity (Wildman–Crippen MR) is 234 cm³/mol. The van der Waals surface area contributed by atoms with E-state index < -0.39 is 0 Å². The van der Waals surface area contributed by atoms with Crippen molar-refractivity contribution in [1.29, 1.82) is 10.5 Å². The lowest BCUT2D eigenvalue weighted by molar-refractivity contribution is 0.241. The minimum absolute atomic E-state index is 0.00801. The van der Waals surface area contributed by atoms with E-state index in [4.69, 9.17) is 15.2 Å². The molecule has 2 aliphatic carbocycles. The van der Waals surface area contributed by atoms with Gasteiger partial charge in [-0.3, -0.25) is 0 Å². The van der Waals surface area contributed by atoms with E-state index in [9.17, 15) is 10.5 Å². The molecular formula is C46H44N10O2S2. The molecule has 302 valence electrons. The summed E-state index contributed by atoms with van der Waals surface area (Å²) >= 11 is 3.08. The zero-order chi connectivity index (χ0) is 41.8. The molecule has 2 atom stereocenters. The summed E-state index contributed by atoms with van der Waals surface area (Å²) in [6.07, 6.45) is 7.63. The van der Waals surface area contributed by atoms with Crippen molar-refractivity contribution < 1.29 is 9.47 Å². The van der Waals surface area contributed by atoms with Gasteiger partial charge in [-0.1, -0.05) is 59.1 Å². The first-order valence-corrected chi connectivity index (χ1v) is 21.6. The third kappa shape index (κ3) is 8.69. The Kier molecular flexibility index (Phi) is 12.1. The Labute approximate surface area is 357 Å². The second kappa shape index (κ2) is 17.9. The summed E-state index contributed by atoms with van der Waals surface area (Å²) in [6, 6.07) is 28.6. The van der Waals surface area contributed by atoms with E-state index in [0.29, 0.717) is 35.2 Å². The van der Waals surface area contributed by atoms with Crippen LogP contribution >= 0.6 is 22.7 Å². The Morgan fingerprint density at radius 1 is 0.733 bits per heavy atom. The maximum atomic E-state index is 9.55. The summed E-state index contributed by atoms with van der Waals surface area (Å²) in [6.45, 7) is 8.48. The number of hydrogen-bond acceptors (Lipinski definition) is 13. The molecule has 3 heterocycles. The number of nitrogens with one attached hydrogen (secondary N) is 2. The normalized spacial score (nSPS) is 15.2. The molecule has 0 spiro atoms. The van der Waals surface area contributed by atoms with Crippen LogP contribution in [-0.2, 0) is 19.4 Å². The Morgan fingerprint density at radius 2 is 1.27 bits per heavy atom. The Hall–Kier alpha value is -6.29. The first-order chi connectivity index (χ1) is 29.2. The van der Waals surface area contributed by atoms with Gasteiger partial charge in [0.15, 0.2) is 0 Å². The van der Waals surface area contributed by atoms with Gasteiger partial charge in [0.05, 0.1) is 29.9 Å². The summed E-state index contributed by atoms with van der Waals surface area (Å²) in [5.41, 5.74) is 16.3. The topological polar surface area (TPSA) is 184 Å². The molecule has 12 nitrogen and oxygen atoms in total. The molecule has 3 aromatic heterocycles. The van der Waals surface area contributed by atoms with E-state index in [0.717, 1.165) is 73.8 Å². The van der Waals surface area contributed by atoms with Gasteiger partial charge in [-0.2, -0.15) is 10.5 Å². The molecule has 60 heavy (non-hydrogen) atoms. The van der Waals surface area contributed by atoms with Gasteiger partial charge in [0.25, 0.3) is 0 Å². The summed E-state index contributed by atoms with van der Waals surface area (Å²) < 4.78 is 11.4. The first-order valence-electron chi connectivity index (χ1n) is 20.0. The van der Waals surface area contributed by atoms with Crippen molar-refractivity contribution in [3.05, 3.63) is 124 Å². The summed E-state index contributed by atoms with van der Waals surface area (Å²) in [4.78, 5) is 7.44. The smallest absolute Gasteiger partial charge is 0.148 e. The monoisotopic (exact) mass is 832 g/mol. The number of benzene rings is 4. The lowest BCUT2D eigenvalue weighted by Gasteiger charge is -2.13. The molecule has 14 heteroatoms. The zero-order valence-corrected chi connectivity index (χ0v) is 35.4. The second-order valence-corrected chi connectivity index (χ2v) is 17.2. The lowest BCUT2D eigenvalue weighted by Crippen LogP contribution is -2.19. The third-order valence-electron chi connectivity index (χ3n) is 10.4. The number of nitriles is 2. The average Bonchev–Trinajstić information content (AvgIpc) is 4.12. The molecule has 7 aromatic rings. The number of nitrogens with zero attached hydrogens (tertiary/aromatic N) is 7. The van der Waals surface area contributed by atoms with Crippen LogP contribution in [0.4, 0.5) is 0 Å². The van der Waals surface area contributed by atoms with Gasteiger partial charge < -0.3 is 25.5 Å². The highest BCUT2D eigenvalue weighted by atomic mass is 32.1. The van der Waals surface area contributed by atoms with Crippen LogP contribution in [0.3, 0.4) is 0 Å². The van der Waals surface area contributed by atoms with Gasteiger partial charge in [0.1, 0.15) is 49.5 Å². The molecule has 2 aliphatic rings. The Morgan fingerprint density at radius 3 is 1.80 bits per heavy atom. The molecule has 4 aromatic carbocycles. The van der Waals surface area contributed by atoms with E-state index in [2.05, 4.69) is 78.1 Å². The third-order valence-corrected chi connectivity index (χ3v) is 12.4. The molecule has 0 saturated carbocycles. The number of nitrogens with two attached hydrogens (primary N) is 1. The number of imidazole rings is 1. The van der Waals surface area contributed by atoms with Crippen LogP contribution in [0.2, 0.25) is 0 Å². The lowest BCUT2D eigenvalue weighted by atomic mass is 10.0. The maximum Gasteiger partial charge on any atom is 0.148 e. The van der Waals surface area contributed by atoms with Crippen molar-refractivity contribution in [1.82, 2.24) is 35.7 Å². The van der Waals surface area contributed by atoms with E-state index in [-0.39, 0.29) is 18.2 Å². The minimum atomic E-state index is 0.00801. The highest BCUT2D eigenvalue weighted by molar-refractivity contribution is 7.18. The number of hydrogen-bond donors (Lipinski definition) is 3. The van der Waals surface area contributed by atoms with Gasteiger partial charge in [-0.05, 0) is 112 Å². The van der Waals surface area contributed by atoms with E-state index in [1.807, 2.05) is 76.4 Å². The predicted octanol–water partition coefficient (Wildman–Crippen LogP) is 9.51. The Bertz CT molecular complexity index is 2710.